The molecule has 2 amide bonds. The van der Waals surface area contributed by atoms with Crippen molar-refractivity contribution in [3.63, 3.8) is 0 Å². The third-order valence-corrected chi connectivity index (χ3v) is 5.06. The number of nitrogens with one attached hydrogen (secondary N) is 1. The summed E-state index contributed by atoms with van der Waals surface area (Å²) < 4.78 is 0. The van der Waals surface area contributed by atoms with Gasteiger partial charge in [0.2, 0.25) is 0 Å². The van der Waals surface area contributed by atoms with Gasteiger partial charge in [0.1, 0.15) is 0 Å². The van der Waals surface area contributed by atoms with Gasteiger partial charge >= 0.3 is 0 Å². The summed E-state index contributed by atoms with van der Waals surface area (Å²) in [7, 11) is 0. The van der Waals surface area contributed by atoms with Crippen LogP contribution in [0.4, 0.5) is 10.5 Å². The molecule has 0 saturated carbocycles. The number of carbonyl (C=O) groups is 2. The van der Waals surface area contributed by atoms with Crippen LogP contribution in [0.3, 0.4) is 0 Å². The van der Waals surface area contributed by atoms with Crippen LogP contribution in [-0.2, 0) is 4.79 Å². The number of thioether (sulfide) groups is 1. The van der Waals surface area contributed by atoms with E-state index in [9.17, 15) is 9.59 Å². The van der Waals surface area contributed by atoms with Gasteiger partial charge in [0.25, 0.3) is 11.1 Å². The fourth-order valence-electron chi connectivity index (χ4n) is 2.30. The Labute approximate surface area is 159 Å². The molecule has 0 atom stereocenters. The first kappa shape index (κ1) is 17.9. The molecule has 128 valence electrons. The lowest BCUT2D eigenvalue weighted by atomic mass is 10.2. The molecule has 1 aliphatic heterocycles. The number of hydrogen-bond donors (Lipinski definition) is 1. The zero-order valence-electron chi connectivity index (χ0n) is 13.3. The van der Waals surface area contributed by atoms with Gasteiger partial charge in [-0.05, 0) is 60.2 Å². The first-order valence-corrected chi connectivity index (χ1v) is 9.02. The van der Waals surface area contributed by atoms with E-state index in [0.29, 0.717) is 15.0 Å². The lowest BCUT2D eigenvalue weighted by molar-refractivity contribution is -0.122. The Kier molecular flexibility index (Phi) is 5.37. The number of nitrogens with zero attached hydrogens (tertiary/aromatic N) is 1. The molecule has 1 heterocycles. The highest BCUT2D eigenvalue weighted by Gasteiger charge is 2.34. The van der Waals surface area contributed by atoms with Crippen molar-refractivity contribution in [3.8, 4) is 0 Å². The van der Waals surface area contributed by atoms with Gasteiger partial charge in [0, 0.05) is 15.7 Å². The van der Waals surface area contributed by atoms with Crippen molar-refractivity contribution >= 4 is 57.9 Å². The van der Waals surface area contributed by atoms with Crippen molar-refractivity contribution in [2.45, 2.75) is 6.92 Å². The van der Waals surface area contributed by atoms with E-state index in [1.54, 1.807) is 42.5 Å². The Bertz CT molecular complexity index is 866. The molecule has 7 heteroatoms. The minimum absolute atomic E-state index is 0.0871. The van der Waals surface area contributed by atoms with E-state index < -0.39 is 0 Å². The number of carbonyl (C=O) groups excluding carboxylic acids is 2. The topological polar surface area (TPSA) is 49.4 Å². The van der Waals surface area contributed by atoms with Crippen LogP contribution in [0, 0.1) is 6.92 Å². The summed E-state index contributed by atoms with van der Waals surface area (Å²) in [4.78, 5) is 26.2. The van der Waals surface area contributed by atoms with Crippen LogP contribution in [0.1, 0.15) is 11.1 Å². The quantitative estimate of drug-likeness (QED) is 0.706. The fourth-order valence-corrected chi connectivity index (χ4v) is 3.43. The molecular weight excluding hydrogens is 379 g/mol. The van der Waals surface area contributed by atoms with Crippen LogP contribution in [-0.4, -0.2) is 22.7 Å². The van der Waals surface area contributed by atoms with Crippen molar-refractivity contribution in [3.05, 3.63) is 68.5 Å². The largest absolute Gasteiger partial charge is 0.367 e. The molecule has 0 bridgehead atoms. The van der Waals surface area contributed by atoms with E-state index in [4.69, 9.17) is 23.2 Å². The van der Waals surface area contributed by atoms with E-state index >= 15 is 0 Å². The summed E-state index contributed by atoms with van der Waals surface area (Å²) >= 11 is 12.8. The van der Waals surface area contributed by atoms with Gasteiger partial charge in [0.15, 0.2) is 0 Å². The second kappa shape index (κ2) is 7.52. The molecule has 3 rings (SSSR count). The summed E-state index contributed by atoms with van der Waals surface area (Å²) in [5, 5.41) is 3.99. The van der Waals surface area contributed by atoms with Gasteiger partial charge in [-0.2, -0.15) is 0 Å². The third-order valence-electron chi connectivity index (χ3n) is 3.67. The molecule has 4 nitrogen and oxygen atoms in total. The summed E-state index contributed by atoms with van der Waals surface area (Å²) in [6.07, 6.45) is 1.69. The lowest BCUT2D eigenvalue weighted by Gasteiger charge is -2.16. The first-order valence-electron chi connectivity index (χ1n) is 7.45. The van der Waals surface area contributed by atoms with E-state index in [-0.39, 0.29) is 17.8 Å². The van der Waals surface area contributed by atoms with Crippen molar-refractivity contribution < 1.29 is 9.59 Å². The number of halogens is 2. The monoisotopic (exact) mass is 392 g/mol. The highest BCUT2D eigenvalue weighted by Crippen LogP contribution is 2.32. The molecule has 25 heavy (non-hydrogen) atoms. The van der Waals surface area contributed by atoms with Gasteiger partial charge < -0.3 is 5.32 Å². The van der Waals surface area contributed by atoms with Gasteiger partial charge in [-0.3, -0.25) is 14.5 Å². The summed E-state index contributed by atoms with van der Waals surface area (Å²) in [6, 6.07) is 12.5. The molecule has 0 radical (unpaired) electrons. The average Bonchev–Trinajstić information content (AvgIpc) is 2.84. The first-order chi connectivity index (χ1) is 11.9. The van der Waals surface area contributed by atoms with Crippen LogP contribution in [0.25, 0.3) is 6.08 Å². The normalized spacial score (nSPS) is 16.0. The number of benzene rings is 2. The number of amides is 2. The minimum atomic E-state index is -0.322. The Morgan fingerprint density at radius 3 is 2.48 bits per heavy atom. The fraction of sp³-hybridized carbons (Fsp3) is 0.111. The predicted octanol–water partition coefficient (Wildman–Crippen LogP) is 5.41. The molecule has 1 aliphatic rings. The highest BCUT2D eigenvalue weighted by molar-refractivity contribution is 8.18. The van der Waals surface area contributed by atoms with E-state index in [1.165, 1.54) is 4.90 Å². The Morgan fingerprint density at radius 2 is 1.76 bits per heavy atom. The SMILES string of the molecule is Cc1ccc(Cl)cc1NCN1C(=O)S/C(=C/c2ccc(Cl)cc2)C1=O. The van der Waals surface area contributed by atoms with E-state index in [1.807, 2.05) is 13.0 Å². The molecule has 0 unspecified atom stereocenters. The maximum Gasteiger partial charge on any atom is 0.295 e. The van der Waals surface area contributed by atoms with Crippen LogP contribution in [0.5, 0.6) is 0 Å². The Morgan fingerprint density at radius 1 is 1.08 bits per heavy atom. The highest BCUT2D eigenvalue weighted by atomic mass is 35.5. The van der Waals surface area contributed by atoms with Gasteiger partial charge in [-0.25, -0.2) is 0 Å². The second-order valence-electron chi connectivity index (χ2n) is 5.46. The molecule has 2 aromatic carbocycles. The average molecular weight is 393 g/mol. The molecule has 0 spiro atoms. The van der Waals surface area contributed by atoms with Crippen LogP contribution < -0.4 is 5.32 Å². The van der Waals surface area contributed by atoms with Crippen molar-refractivity contribution in [1.29, 1.82) is 0 Å². The number of hydrogen-bond acceptors (Lipinski definition) is 4. The smallest absolute Gasteiger partial charge is 0.295 e. The zero-order chi connectivity index (χ0) is 18.0. The standard InChI is InChI=1S/C18H14Cl2N2O2S/c1-11-2-5-14(20)9-15(11)21-10-22-17(23)16(25-18(22)24)8-12-3-6-13(19)7-4-12/h2-9,21H,10H2,1H3/b16-8+. The summed E-state index contributed by atoms with van der Waals surface area (Å²) in [5.41, 5.74) is 2.58. The van der Waals surface area contributed by atoms with Gasteiger partial charge in [-0.15, -0.1) is 0 Å². The van der Waals surface area contributed by atoms with Crippen LogP contribution in [0.2, 0.25) is 10.0 Å². The Balaban J connectivity index is 1.73. The summed E-state index contributed by atoms with van der Waals surface area (Å²) in [5.74, 6) is -0.322. The lowest BCUT2D eigenvalue weighted by Crippen LogP contribution is -2.33. The molecular formula is C18H14Cl2N2O2S. The van der Waals surface area contributed by atoms with Gasteiger partial charge in [-0.1, -0.05) is 41.4 Å². The van der Waals surface area contributed by atoms with Crippen molar-refractivity contribution in [2.75, 3.05) is 12.0 Å². The summed E-state index contributed by atoms with van der Waals surface area (Å²) in [6.45, 7) is 2.01. The van der Waals surface area contributed by atoms with Gasteiger partial charge in [0.05, 0.1) is 11.6 Å². The molecule has 1 saturated heterocycles. The van der Waals surface area contributed by atoms with Crippen molar-refractivity contribution in [2.24, 2.45) is 0 Å². The molecule has 2 aromatic rings. The third kappa shape index (κ3) is 4.18. The number of imide groups is 1. The predicted molar refractivity (Wildman–Crippen MR) is 104 cm³/mol. The maximum atomic E-state index is 12.5. The second-order valence-corrected chi connectivity index (χ2v) is 7.32. The molecule has 1 fully saturated rings. The van der Waals surface area contributed by atoms with Crippen LogP contribution in [0.15, 0.2) is 47.4 Å². The maximum absolute atomic E-state index is 12.5. The molecule has 1 N–H and O–H groups in total. The Hall–Kier alpha value is -1.95. The number of rotatable bonds is 4. The molecule has 0 aromatic heterocycles. The van der Waals surface area contributed by atoms with Crippen LogP contribution >= 0.6 is 35.0 Å². The minimum Gasteiger partial charge on any atom is -0.367 e. The zero-order valence-corrected chi connectivity index (χ0v) is 15.6. The molecule has 0 aliphatic carbocycles. The van der Waals surface area contributed by atoms with Crippen molar-refractivity contribution in [1.82, 2.24) is 4.90 Å². The van der Waals surface area contributed by atoms with E-state index in [2.05, 4.69) is 5.32 Å². The number of anilines is 1. The number of aryl methyl sites for hydroxylation is 1. The van der Waals surface area contributed by atoms with E-state index in [0.717, 1.165) is 28.6 Å².